The largest absolute Gasteiger partial charge is 0.475 e. The summed E-state index contributed by atoms with van der Waals surface area (Å²) < 4.78 is 11.0. The average Bonchev–Trinajstić information content (AvgIpc) is 3.47. The number of carbonyl (C=O) groups excluding carboxylic acids is 1. The molecule has 2 aromatic carbocycles. The highest BCUT2D eigenvalue weighted by molar-refractivity contribution is 7.18. The molecule has 5 rings (SSSR count). The molecule has 3 N–H and O–H groups in total. The second kappa shape index (κ2) is 12.0. The van der Waals surface area contributed by atoms with Crippen LogP contribution in [-0.4, -0.2) is 81.9 Å². The molecule has 4 aromatic rings. The lowest BCUT2D eigenvalue weighted by atomic mass is 10.2. The van der Waals surface area contributed by atoms with Crippen LogP contribution in [-0.2, 0) is 4.74 Å². The zero-order valence-electron chi connectivity index (χ0n) is 20.4. The van der Waals surface area contributed by atoms with Crippen LogP contribution in [0.2, 0.25) is 0 Å². The molecule has 1 amide bonds. The number of rotatable bonds is 9. The number of nitrogens with one attached hydrogen (secondary N) is 1. The quantitative estimate of drug-likeness (QED) is 0.293. The SMILES string of the molecule is O=C(Nc1ccccc1-c1nnc(N2CCOCC2)s1)c1cc(OC[C@H](O)CO)nc(-c2ccccc2)n1. The van der Waals surface area contributed by atoms with Crippen molar-refractivity contribution >= 4 is 28.1 Å². The van der Waals surface area contributed by atoms with E-state index in [-0.39, 0.29) is 18.2 Å². The van der Waals surface area contributed by atoms with Crippen LogP contribution in [0.3, 0.4) is 0 Å². The Labute approximate surface area is 222 Å². The Morgan fingerprint density at radius 1 is 1.08 bits per heavy atom. The number of benzene rings is 2. The Bertz CT molecular complexity index is 1380. The molecule has 1 aliphatic rings. The first-order valence-electron chi connectivity index (χ1n) is 12.0. The van der Waals surface area contributed by atoms with Crippen molar-refractivity contribution in [1.29, 1.82) is 0 Å². The maximum Gasteiger partial charge on any atom is 0.274 e. The van der Waals surface area contributed by atoms with Crippen molar-refractivity contribution in [3.05, 3.63) is 66.4 Å². The number of hydrogen-bond acceptors (Lipinski definition) is 11. The van der Waals surface area contributed by atoms with E-state index >= 15 is 0 Å². The fraction of sp³-hybridized carbons (Fsp3) is 0.269. The van der Waals surface area contributed by atoms with Crippen LogP contribution < -0.4 is 15.0 Å². The maximum absolute atomic E-state index is 13.4. The first kappa shape index (κ1) is 25.7. The van der Waals surface area contributed by atoms with Gasteiger partial charge in [0.15, 0.2) is 10.8 Å². The molecule has 38 heavy (non-hydrogen) atoms. The zero-order chi connectivity index (χ0) is 26.3. The predicted molar refractivity (Wildman–Crippen MR) is 142 cm³/mol. The highest BCUT2D eigenvalue weighted by Crippen LogP contribution is 2.34. The van der Waals surface area contributed by atoms with Gasteiger partial charge in [-0.3, -0.25) is 4.79 Å². The number of amides is 1. The van der Waals surface area contributed by atoms with E-state index in [1.165, 1.54) is 17.4 Å². The summed E-state index contributed by atoms with van der Waals surface area (Å²) in [7, 11) is 0. The number of aliphatic hydroxyl groups is 2. The van der Waals surface area contributed by atoms with E-state index in [1.54, 1.807) is 6.07 Å². The monoisotopic (exact) mass is 534 g/mol. The Hall–Kier alpha value is -3.97. The van der Waals surface area contributed by atoms with Gasteiger partial charge in [-0.25, -0.2) is 4.98 Å². The van der Waals surface area contributed by atoms with Gasteiger partial charge in [0.2, 0.25) is 11.0 Å². The fourth-order valence-electron chi connectivity index (χ4n) is 3.74. The van der Waals surface area contributed by atoms with Crippen LogP contribution in [0.4, 0.5) is 10.8 Å². The Morgan fingerprint density at radius 2 is 1.84 bits per heavy atom. The maximum atomic E-state index is 13.4. The summed E-state index contributed by atoms with van der Waals surface area (Å²) in [5.41, 5.74) is 2.06. The molecule has 1 fully saturated rings. The molecule has 0 radical (unpaired) electrons. The van der Waals surface area contributed by atoms with Crippen molar-refractivity contribution in [2.24, 2.45) is 0 Å². The van der Waals surface area contributed by atoms with E-state index in [1.807, 2.05) is 48.5 Å². The van der Waals surface area contributed by atoms with Gasteiger partial charge in [0.25, 0.3) is 5.91 Å². The van der Waals surface area contributed by atoms with E-state index in [4.69, 9.17) is 14.6 Å². The van der Waals surface area contributed by atoms with Gasteiger partial charge in [0, 0.05) is 30.3 Å². The number of morpholine rings is 1. The lowest BCUT2D eigenvalue weighted by Crippen LogP contribution is -2.36. The molecule has 12 heteroatoms. The second-order valence-electron chi connectivity index (χ2n) is 8.42. The minimum Gasteiger partial charge on any atom is -0.475 e. The smallest absolute Gasteiger partial charge is 0.274 e. The number of aromatic nitrogens is 4. The fourth-order valence-corrected chi connectivity index (χ4v) is 4.67. The van der Waals surface area contributed by atoms with Crippen LogP contribution in [0.1, 0.15) is 10.5 Å². The van der Waals surface area contributed by atoms with Gasteiger partial charge in [-0.05, 0) is 12.1 Å². The molecule has 1 saturated heterocycles. The molecule has 0 saturated carbocycles. The van der Waals surface area contributed by atoms with Gasteiger partial charge >= 0.3 is 0 Å². The third-order valence-electron chi connectivity index (χ3n) is 5.70. The number of para-hydroxylation sites is 1. The molecule has 2 aromatic heterocycles. The van der Waals surface area contributed by atoms with E-state index < -0.39 is 18.6 Å². The van der Waals surface area contributed by atoms with Gasteiger partial charge in [0.05, 0.1) is 25.5 Å². The third-order valence-corrected chi connectivity index (χ3v) is 6.72. The molecule has 3 heterocycles. The molecule has 1 aliphatic heterocycles. The molecule has 0 spiro atoms. The highest BCUT2D eigenvalue weighted by atomic mass is 32.1. The van der Waals surface area contributed by atoms with Gasteiger partial charge < -0.3 is 29.9 Å². The number of nitrogens with zero attached hydrogens (tertiary/aromatic N) is 5. The van der Waals surface area contributed by atoms with Crippen molar-refractivity contribution in [2.45, 2.75) is 6.10 Å². The summed E-state index contributed by atoms with van der Waals surface area (Å²) in [4.78, 5) is 24.3. The third kappa shape index (κ3) is 6.11. The molecule has 196 valence electrons. The van der Waals surface area contributed by atoms with Crippen molar-refractivity contribution in [3.63, 3.8) is 0 Å². The number of anilines is 2. The number of carbonyl (C=O) groups is 1. The van der Waals surface area contributed by atoms with Gasteiger partial charge in [-0.15, -0.1) is 10.2 Å². The van der Waals surface area contributed by atoms with E-state index in [2.05, 4.69) is 30.4 Å². The Kier molecular flexibility index (Phi) is 8.14. The van der Waals surface area contributed by atoms with Crippen molar-refractivity contribution in [3.8, 4) is 27.8 Å². The summed E-state index contributed by atoms with van der Waals surface area (Å²) >= 11 is 1.45. The van der Waals surface area contributed by atoms with Crippen LogP contribution in [0.15, 0.2) is 60.7 Å². The summed E-state index contributed by atoms with van der Waals surface area (Å²) in [5.74, 6) is -0.0779. The number of hydrogen-bond donors (Lipinski definition) is 3. The van der Waals surface area contributed by atoms with Gasteiger partial charge in [-0.2, -0.15) is 4.98 Å². The number of ether oxygens (including phenoxy) is 2. The topological polar surface area (TPSA) is 143 Å². The van der Waals surface area contributed by atoms with Gasteiger partial charge in [-0.1, -0.05) is 53.8 Å². The molecule has 0 aliphatic carbocycles. The van der Waals surface area contributed by atoms with Gasteiger partial charge in [0.1, 0.15) is 18.4 Å². The van der Waals surface area contributed by atoms with E-state index in [0.717, 1.165) is 23.8 Å². The predicted octanol–water partition coefficient (Wildman–Crippen LogP) is 2.48. The second-order valence-corrected chi connectivity index (χ2v) is 9.37. The van der Waals surface area contributed by atoms with Crippen molar-refractivity contribution in [1.82, 2.24) is 20.2 Å². The Morgan fingerprint density at radius 3 is 2.63 bits per heavy atom. The molecule has 0 unspecified atom stereocenters. The van der Waals surface area contributed by atoms with Crippen molar-refractivity contribution in [2.75, 3.05) is 49.7 Å². The van der Waals surface area contributed by atoms with Crippen LogP contribution in [0.5, 0.6) is 5.88 Å². The standard InChI is InChI=1S/C26H26N6O5S/c33-15-18(34)16-37-22-14-21(27-23(29-22)17-6-2-1-3-7-17)24(35)28-20-9-5-4-8-19(20)25-30-31-26(38-25)32-10-12-36-13-11-32/h1-9,14,18,33-34H,10-13,15-16H2,(H,28,35)/t18-/m1/s1. The summed E-state index contributed by atoms with van der Waals surface area (Å²) in [6.45, 7) is 2.16. The average molecular weight is 535 g/mol. The van der Waals surface area contributed by atoms with E-state index in [9.17, 15) is 9.90 Å². The molecular formula is C26H26N6O5S. The zero-order valence-corrected chi connectivity index (χ0v) is 21.2. The molecule has 11 nitrogen and oxygen atoms in total. The molecule has 0 bridgehead atoms. The summed E-state index contributed by atoms with van der Waals surface area (Å²) in [5, 5.41) is 31.9. The normalized spacial score (nSPS) is 14.2. The Balaban J connectivity index is 1.41. The van der Waals surface area contributed by atoms with Crippen LogP contribution in [0, 0.1) is 0 Å². The first-order chi connectivity index (χ1) is 18.6. The number of aliphatic hydroxyl groups excluding tert-OH is 2. The minimum atomic E-state index is -1.08. The minimum absolute atomic E-state index is 0.0772. The molecular weight excluding hydrogens is 508 g/mol. The summed E-state index contributed by atoms with van der Waals surface area (Å²) in [6, 6.07) is 17.9. The van der Waals surface area contributed by atoms with E-state index in [0.29, 0.717) is 35.3 Å². The van der Waals surface area contributed by atoms with Crippen LogP contribution in [0.25, 0.3) is 22.0 Å². The first-order valence-corrected chi connectivity index (χ1v) is 12.9. The highest BCUT2D eigenvalue weighted by Gasteiger charge is 2.20. The van der Waals surface area contributed by atoms with Crippen LogP contribution >= 0.6 is 11.3 Å². The lowest BCUT2D eigenvalue weighted by Gasteiger charge is -2.25. The lowest BCUT2D eigenvalue weighted by molar-refractivity contribution is 0.0520. The molecule has 1 atom stereocenters. The van der Waals surface area contributed by atoms with Crippen molar-refractivity contribution < 1.29 is 24.5 Å². The summed E-state index contributed by atoms with van der Waals surface area (Å²) in [6.07, 6.45) is -1.08.